The van der Waals surface area contributed by atoms with Crippen LogP contribution in [0.5, 0.6) is 0 Å². The largest absolute Gasteiger partial charge is 0.207 e. The summed E-state index contributed by atoms with van der Waals surface area (Å²) in [5, 5.41) is 0. The number of benzene rings is 1. The molecule has 12 heavy (non-hydrogen) atoms. The van der Waals surface area contributed by atoms with Gasteiger partial charge in [-0.3, -0.25) is 0 Å². The maximum absolute atomic E-state index is 12.9. The summed E-state index contributed by atoms with van der Waals surface area (Å²) in [7, 11) is 0. The zero-order valence-corrected chi connectivity index (χ0v) is 7.83. The molecule has 66 valence electrons. The second-order valence-corrected chi connectivity index (χ2v) is 3.78. The third-order valence-corrected chi connectivity index (χ3v) is 1.94. The molecule has 0 aliphatic heterocycles. The highest BCUT2D eigenvalue weighted by atomic mass is 79.9. The number of hydrogen-bond donors (Lipinski definition) is 0. The first-order chi connectivity index (χ1) is 5.52. The summed E-state index contributed by atoms with van der Waals surface area (Å²) < 4.78 is 38.0. The number of rotatable bonds is 1. The summed E-state index contributed by atoms with van der Waals surface area (Å²) in [6, 6.07) is 1.49. The van der Waals surface area contributed by atoms with Gasteiger partial charge in [-0.15, -0.1) is 0 Å². The second kappa shape index (κ2) is 3.47. The Morgan fingerprint density at radius 2 is 1.83 bits per heavy atom. The summed E-state index contributed by atoms with van der Waals surface area (Å²) in [5.74, 6) is -2.92. The van der Waals surface area contributed by atoms with E-state index >= 15 is 0 Å². The zero-order chi connectivity index (χ0) is 9.30. The van der Waals surface area contributed by atoms with Crippen molar-refractivity contribution in [2.24, 2.45) is 0 Å². The first kappa shape index (κ1) is 9.58. The van der Waals surface area contributed by atoms with Crippen LogP contribution in [-0.2, 0) is 0 Å². The lowest BCUT2D eigenvalue weighted by molar-refractivity contribution is 0.485. The van der Waals surface area contributed by atoms with Gasteiger partial charge >= 0.3 is 0 Å². The van der Waals surface area contributed by atoms with E-state index in [9.17, 15) is 13.2 Å². The summed E-state index contributed by atoms with van der Waals surface area (Å²) in [6.45, 7) is 1.59. The Kier molecular flexibility index (Phi) is 2.77. The van der Waals surface area contributed by atoms with Crippen molar-refractivity contribution >= 4 is 15.9 Å². The van der Waals surface area contributed by atoms with Crippen molar-refractivity contribution in [2.45, 2.75) is 11.8 Å². The Balaban J connectivity index is 3.28. The Morgan fingerprint density at radius 1 is 1.25 bits per heavy atom. The Labute approximate surface area is 76.5 Å². The highest BCUT2D eigenvalue weighted by Gasteiger charge is 2.13. The summed E-state index contributed by atoms with van der Waals surface area (Å²) >= 11 is 3.03. The molecule has 1 atom stereocenters. The van der Waals surface area contributed by atoms with Crippen molar-refractivity contribution in [3.63, 3.8) is 0 Å². The molecule has 0 fully saturated rings. The van der Waals surface area contributed by atoms with E-state index in [2.05, 4.69) is 15.9 Å². The summed E-state index contributed by atoms with van der Waals surface area (Å²) in [6.07, 6.45) is 0. The van der Waals surface area contributed by atoms with Gasteiger partial charge < -0.3 is 0 Å². The first-order valence-electron chi connectivity index (χ1n) is 3.31. The fourth-order valence-corrected chi connectivity index (χ4v) is 1.20. The van der Waals surface area contributed by atoms with E-state index in [0.29, 0.717) is 6.07 Å². The monoisotopic (exact) mass is 238 g/mol. The fourth-order valence-electron chi connectivity index (χ4n) is 0.865. The minimum Gasteiger partial charge on any atom is -0.207 e. The third kappa shape index (κ3) is 1.80. The maximum atomic E-state index is 12.9. The molecule has 0 heterocycles. The average Bonchev–Trinajstić information content (AvgIpc) is 1.96. The van der Waals surface area contributed by atoms with Crippen LogP contribution in [0.25, 0.3) is 0 Å². The van der Waals surface area contributed by atoms with Crippen molar-refractivity contribution in [1.82, 2.24) is 0 Å². The van der Waals surface area contributed by atoms with E-state index in [0.717, 1.165) is 6.07 Å². The first-order valence-corrected chi connectivity index (χ1v) is 4.22. The Hall–Kier alpha value is -0.510. The molecule has 0 aromatic heterocycles. The molecule has 0 aliphatic rings. The molecule has 0 saturated carbocycles. The normalized spacial score (nSPS) is 13.1. The van der Waals surface area contributed by atoms with E-state index in [1.165, 1.54) is 0 Å². The maximum Gasteiger partial charge on any atom is 0.163 e. The minimum atomic E-state index is -1.16. The van der Waals surface area contributed by atoms with Crippen LogP contribution in [0, 0.1) is 17.5 Å². The molecule has 1 rings (SSSR count). The standard InChI is InChI=1S/C8H6BrF3/c1-4(9)6-2-5(10)3-7(11)8(6)12/h2-4H,1H3. The molecule has 0 aliphatic carbocycles. The number of halogens is 4. The molecule has 1 aromatic rings. The van der Waals surface area contributed by atoms with Crippen LogP contribution >= 0.6 is 15.9 Å². The zero-order valence-electron chi connectivity index (χ0n) is 6.24. The molecule has 1 aromatic carbocycles. The predicted octanol–water partition coefficient (Wildman–Crippen LogP) is 3.56. The number of hydrogen-bond acceptors (Lipinski definition) is 0. The van der Waals surface area contributed by atoms with Crippen LogP contribution in [0.4, 0.5) is 13.2 Å². The van der Waals surface area contributed by atoms with Crippen molar-refractivity contribution in [3.8, 4) is 0 Å². The van der Waals surface area contributed by atoms with Gasteiger partial charge in [0.05, 0.1) is 0 Å². The van der Waals surface area contributed by atoms with Gasteiger partial charge in [0.15, 0.2) is 11.6 Å². The van der Waals surface area contributed by atoms with Crippen LogP contribution < -0.4 is 0 Å². The van der Waals surface area contributed by atoms with Gasteiger partial charge in [-0.2, -0.15) is 0 Å². The Morgan fingerprint density at radius 3 is 2.33 bits per heavy atom. The quantitative estimate of drug-likeness (QED) is 0.519. The van der Waals surface area contributed by atoms with Crippen LogP contribution in [0.15, 0.2) is 12.1 Å². The van der Waals surface area contributed by atoms with E-state index < -0.39 is 22.3 Å². The van der Waals surface area contributed by atoms with E-state index in [1.807, 2.05) is 0 Å². The van der Waals surface area contributed by atoms with Crippen LogP contribution in [0.1, 0.15) is 17.3 Å². The second-order valence-electron chi connectivity index (χ2n) is 2.41. The smallest absolute Gasteiger partial charge is 0.163 e. The third-order valence-electron chi connectivity index (χ3n) is 1.45. The Bertz CT molecular complexity index is 297. The van der Waals surface area contributed by atoms with Gasteiger partial charge in [0.25, 0.3) is 0 Å². The summed E-state index contributed by atoms with van der Waals surface area (Å²) in [5.41, 5.74) is -0.00694. The van der Waals surface area contributed by atoms with Crippen molar-refractivity contribution in [2.75, 3.05) is 0 Å². The fraction of sp³-hybridized carbons (Fsp3) is 0.250. The highest BCUT2D eigenvalue weighted by Crippen LogP contribution is 2.26. The van der Waals surface area contributed by atoms with Crippen molar-refractivity contribution in [1.29, 1.82) is 0 Å². The van der Waals surface area contributed by atoms with Gasteiger partial charge in [0.2, 0.25) is 0 Å². The van der Waals surface area contributed by atoms with Crippen LogP contribution in [0.2, 0.25) is 0 Å². The molecule has 0 radical (unpaired) electrons. The lowest BCUT2D eigenvalue weighted by Gasteiger charge is -2.05. The van der Waals surface area contributed by atoms with Crippen molar-refractivity contribution < 1.29 is 13.2 Å². The molecular weight excluding hydrogens is 233 g/mol. The van der Waals surface area contributed by atoms with Gasteiger partial charge in [-0.1, -0.05) is 15.9 Å². The van der Waals surface area contributed by atoms with Crippen LogP contribution in [0.3, 0.4) is 0 Å². The van der Waals surface area contributed by atoms with Gasteiger partial charge in [-0.25, -0.2) is 13.2 Å². The molecule has 0 N–H and O–H groups in total. The topological polar surface area (TPSA) is 0 Å². The molecule has 0 nitrogen and oxygen atoms in total. The average molecular weight is 239 g/mol. The molecule has 1 unspecified atom stereocenters. The molecule has 0 amide bonds. The molecule has 0 bridgehead atoms. The summed E-state index contributed by atoms with van der Waals surface area (Å²) in [4.78, 5) is -0.400. The molecule has 0 saturated heterocycles. The predicted molar refractivity (Wildman–Crippen MR) is 43.7 cm³/mol. The van der Waals surface area contributed by atoms with E-state index in [4.69, 9.17) is 0 Å². The lowest BCUT2D eigenvalue weighted by atomic mass is 10.1. The molecule has 4 heteroatoms. The van der Waals surface area contributed by atoms with Gasteiger partial charge in [0.1, 0.15) is 5.82 Å². The van der Waals surface area contributed by atoms with Crippen molar-refractivity contribution in [3.05, 3.63) is 35.1 Å². The number of alkyl halides is 1. The lowest BCUT2D eigenvalue weighted by Crippen LogP contribution is -1.96. The van der Waals surface area contributed by atoms with Gasteiger partial charge in [0, 0.05) is 16.5 Å². The van der Waals surface area contributed by atoms with E-state index in [1.54, 1.807) is 6.92 Å². The minimum absolute atomic E-state index is 0.00694. The molecular formula is C8H6BrF3. The highest BCUT2D eigenvalue weighted by molar-refractivity contribution is 9.09. The van der Waals surface area contributed by atoms with Crippen LogP contribution in [-0.4, -0.2) is 0 Å². The van der Waals surface area contributed by atoms with Gasteiger partial charge in [-0.05, 0) is 13.0 Å². The molecule has 0 spiro atoms. The van der Waals surface area contributed by atoms with E-state index in [-0.39, 0.29) is 5.56 Å². The SMILES string of the molecule is CC(Br)c1cc(F)cc(F)c1F.